The molecule has 14 heavy (non-hydrogen) atoms. The first-order chi connectivity index (χ1) is 6.48. The molecule has 0 fully saturated rings. The third kappa shape index (κ3) is 1.34. The molecule has 0 spiro atoms. The third-order valence-electron chi connectivity index (χ3n) is 1.91. The number of nitrogen functional groups attached to an aromatic ring is 1. The van der Waals surface area contributed by atoms with Crippen molar-refractivity contribution in [3.8, 4) is 0 Å². The summed E-state index contributed by atoms with van der Waals surface area (Å²) in [7, 11) is 0. The molecule has 2 heterocycles. The highest BCUT2D eigenvalue weighted by Gasteiger charge is 2.30. The summed E-state index contributed by atoms with van der Waals surface area (Å²) >= 11 is 0. The summed E-state index contributed by atoms with van der Waals surface area (Å²) < 4.78 is 0. The number of anilines is 2. The van der Waals surface area contributed by atoms with E-state index in [9.17, 15) is 4.79 Å². The van der Waals surface area contributed by atoms with Crippen LogP contribution >= 0.6 is 0 Å². The lowest BCUT2D eigenvalue weighted by Gasteiger charge is -2.33. The second-order valence-electron chi connectivity index (χ2n) is 3.69. The quantitative estimate of drug-likeness (QED) is 0.537. The van der Waals surface area contributed by atoms with Crippen molar-refractivity contribution in [1.29, 1.82) is 0 Å². The van der Waals surface area contributed by atoms with Gasteiger partial charge in [-0.2, -0.15) is 4.98 Å². The van der Waals surface area contributed by atoms with E-state index in [4.69, 9.17) is 5.73 Å². The smallest absolute Gasteiger partial charge is 0.258 e. The fourth-order valence-corrected chi connectivity index (χ4v) is 1.34. The van der Waals surface area contributed by atoms with E-state index in [1.165, 1.54) is 6.20 Å². The number of fused-ring (bicyclic) bond motifs is 1. The molecule has 0 saturated carbocycles. The van der Waals surface area contributed by atoms with E-state index in [1.54, 1.807) is 0 Å². The van der Waals surface area contributed by atoms with Gasteiger partial charge < -0.3 is 16.4 Å². The normalized spacial score (nSPS) is 18.0. The van der Waals surface area contributed by atoms with Gasteiger partial charge in [-0.25, -0.2) is 4.98 Å². The van der Waals surface area contributed by atoms with Crippen molar-refractivity contribution >= 4 is 17.7 Å². The Balaban J connectivity index is 2.51. The topological polar surface area (TPSA) is 92.9 Å². The Hall–Kier alpha value is -1.85. The van der Waals surface area contributed by atoms with Crippen molar-refractivity contribution in [1.82, 2.24) is 15.3 Å². The van der Waals surface area contributed by atoms with Gasteiger partial charge in [0.05, 0.1) is 0 Å². The lowest BCUT2D eigenvalue weighted by Crippen LogP contribution is -2.53. The predicted molar refractivity (Wildman–Crippen MR) is 51.6 cm³/mol. The molecular weight excluding hydrogens is 182 g/mol. The molecule has 0 aliphatic carbocycles. The van der Waals surface area contributed by atoms with Crippen molar-refractivity contribution in [2.75, 3.05) is 11.1 Å². The summed E-state index contributed by atoms with van der Waals surface area (Å²) in [5.41, 5.74) is 5.33. The minimum Gasteiger partial charge on any atom is -0.368 e. The number of amides is 1. The number of rotatable bonds is 0. The fourth-order valence-electron chi connectivity index (χ4n) is 1.34. The van der Waals surface area contributed by atoms with Crippen molar-refractivity contribution in [2.24, 2.45) is 0 Å². The van der Waals surface area contributed by atoms with E-state index in [-0.39, 0.29) is 11.9 Å². The first kappa shape index (κ1) is 8.74. The van der Waals surface area contributed by atoms with Crippen LogP contribution in [0.5, 0.6) is 0 Å². The SMILES string of the molecule is CC1(C)NC(=O)c2cnc(N)nc2N1. The van der Waals surface area contributed by atoms with Crippen LogP contribution in [0.15, 0.2) is 6.20 Å². The number of hydrogen-bond acceptors (Lipinski definition) is 5. The van der Waals surface area contributed by atoms with E-state index >= 15 is 0 Å². The number of carbonyl (C=O) groups is 1. The lowest BCUT2D eigenvalue weighted by atomic mass is 10.1. The molecule has 6 nitrogen and oxygen atoms in total. The first-order valence-electron chi connectivity index (χ1n) is 4.21. The Labute approximate surface area is 80.9 Å². The molecule has 0 unspecified atom stereocenters. The zero-order valence-electron chi connectivity index (χ0n) is 7.96. The Morgan fingerprint density at radius 3 is 2.86 bits per heavy atom. The fraction of sp³-hybridized carbons (Fsp3) is 0.375. The van der Waals surface area contributed by atoms with Crippen molar-refractivity contribution in [2.45, 2.75) is 19.5 Å². The number of nitrogens with zero attached hydrogens (tertiary/aromatic N) is 2. The predicted octanol–water partition coefficient (Wildman–Crippen LogP) is -0.0498. The lowest BCUT2D eigenvalue weighted by molar-refractivity contribution is 0.0913. The van der Waals surface area contributed by atoms with E-state index < -0.39 is 5.66 Å². The zero-order valence-corrected chi connectivity index (χ0v) is 7.96. The molecule has 2 rings (SSSR count). The summed E-state index contributed by atoms with van der Waals surface area (Å²) in [5.74, 6) is 0.441. The van der Waals surface area contributed by atoms with Crippen LogP contribution in [0.3, 0.4) is 0 Å². The highest BCUT2D eigenvalue weighted by atomic mass is 16.2. The molecule has 1 aromatic heterocycles. The maximum atomic E-state index is 11.5. The van der Waals surface area contributed by atoms with Gasteiger partial charge in [-0.15, -0.1) is 0 Å². The Kier molecular flexibility index (Phi) is 1.60. The Morgan fingerprint density at radius 1 is 1.43 bits per heavy atom. The van der Waals surface area contributed by atoms with E-state index in [1.807, 2.05) is 13.8 Å². The maximum Gasteiger partial charge on any atom is 0.258 e. The highest BCUT2D eigenvalue weighted by molar-refractivity contribution is 6.00. The van der Waals surface area contributed by atoms with Gasteiger partial charge >= 0.3 is 0 Å². The average Bonchev–Trinajstić information content (AvgIpc) is 2.00. The Bertz CT molecular complexity index is 401. The molecule has 1 amide bonds. The van der Waals surface area contributed by atoms with Gasteiger partial charge in [0.1, 0.15) is 17.0 Å². The van der Waals surface area contributed by atoms with Gasteiger partial charge in [0.25, 0.3) is 5.91 Å². The van der Waals surface area contributed by atoms with Crippen LogP contribution in [-0.4, -0.2) is 21.5 Å². The molecule has 0 aromatic carbocycles. The van der Waals surface area contributed by atoms with E-state index in [0.29, 0.717) is 11.4 Å². The molecule has 0 bridgehead atoms. The van der Waals surface area contributed by atoms with Gasteiger partial charge in [0.2, 0.25) is 5.95 Å². The van der Waals surface area contributed by atoms with Crippen LogP contribution in [0.2, 0.25) is 0 Å². The van der Waals surface area contributed by atoms with Crippen LogP contribution in [-0.2, 0) is 0 Å². The minimum absolute atomic E-state index is 0.154. The first-order valence-corrected chi connectivity index (χ1v) is 4.21. The summed E-state index contributed by atoms with van der Waals surface area (Å²) in [5, 5.41) is 5.80. The van der Waals surface area contributed by atoms with Crippen molar-refractivity contribution in [3.63, 3.8) is 0 Å². The van der Waals surface area contributed by atoms with Gasteiger partial charge in [-0.3, -0.25) is 4.79 Å². The largest absolute Gasteiger partial charge is 0.368 e. The summed E-state index contributed by atoms with van der Waals surface area (Å²) in [4.78, 5) is 19.3. The second-order valence-corrected chi connectivity index (χ2v) is 3.69. The molecule has 1 aliphatic rings. The molecule has 6 heteroatoms. The zero-order chi connectivity index (χ0) is 10.3. The van der Waals surface area contributed by atoms with Crippen molar-refractivity contribution < 1.29 is 4.79 Å². The van der Waals surface area contributed by atoms with Crippen LogP contribution < -0.4 is 16.4 Å². The second kappa shape index (κ2) is 2.57. The maximum absolute atomic E-state index is 11.5. The van der Waals surface area contributed by atoms with Crippen LogP contribution in [0.25, 0.3) is 0 Å². The van der Waals surface area contributed by atoms with Gasteiger partial charge in [0.15, 0.2) is 0 Å². The highest BCUT2D eigenvalue weighted by Crippen LogP contribution is 2.21. The van der Waals surface area contributed by atoms with E-state index in [0.717, 1.165) is 0 Å². The standard InChI is InChI=1S/C8H11N5O/c1-8(2)12-5-4(6(14)13-8)3-10-7(9)11-5/h3H,1-2H3,(H,13,14)(H3,9,10,11,12). The molecule has 1 aromatic rings. The molecule has 0 radical (unpaired) electrons. The number of aromatic nitrogens is 2. The molecule has 4 N–H and O–H groups in total. The van der Waals surface area contributed by atoms with Crippen molar-refractivity contribution in [3.05, 3.63) is 11.8 Å². The molecule has 1 aliphatic heterocycles. The molecule has 0 atom stereocenters. The third-order valence-corrected chi connectivity index (χ3v) is 1.91. The van der Waals surface area contributed by atoms with Gasteiger partial charge in [0, 0.05) is 6.20 Å². The van der Waals surface area contributed by atoms with Crippen LogP contribution in [0.1, 0.15) is 24.2 Å². The number of carbonyl (C=O) groups excluding carboxylic acids is 1. The van der Waals surface area contributed by atoms with Crippen LogP contribution in [0.4, 0.5) is 11.8 Å². The molecule has 74 valence electrons. The number of nitrogens with two attached hydrogens (primary N) is 1. The molecule has 0 saturated heterocycles. The van der Waals surface area contributed by atoms with E-state index in [2.05, 4.69) is 20.6 Å². The average molecular weight is 193 g/mol. The Morgan fingerprint density at radius 2 is 2.14 bits per heavy atom. The summed E-state index contributed by atoms with van der Waals surface area (Å²) in [6, 6.07) is 0. The van der Waals surface area contributed by atoms with Gasteiger partial charge in [-0.05, 0) is 13.8 Å². The summed E-state index contributed by atoms with van der Waals surface area (Å²) in [6.07, 6.45) is 1.41. The minimum atomic E-state index is -0.509. The number of hydrogen-bond donors (Lipinski definition) is 3. The monoisotopic (exact) mass is 193 g/mol. The van der Waals surface area contributed by atoms with Crippen LogP contribution in [0, 0.1) is 0 Å². The number of nitrogens with one attached hydrogen (secondary N) is 2. The van der Waals surface area contributed by atoms with Gasteiger partial charge in [-0.1, -0.05) is 0 Å². The summed E-state index contributed by atoms with van der Waals surface area (Å²) in [6.45, 7) is 3.68. The molecular formula is C8H11N5O.